The molecule has 2 atom stereocenters. The zero-order valence-electron chi connectivity index (χ0n) is 9.50. The highest BCUT2D eigenvalue weighted by molar-refractivity contribution is 9.10. The maximum atomic E-state index is 11.9. The molecule has 0 bridgehead atoms. The lowest BCUT2D eigenvalue weighted by Crippen LogP contribution is -2.48. The number of alkyl carbamates (subject to hydrolysis) is 1. The van der Waals surface area contributed by atoms with Crippen LogP contribution in [0.25, 0.3) is 0 Å². The molecule has 1 amide bonds. The van der Waals surface area contributed by atoms with Crippen molar-refractivity contribution in [3.8, 4) is 0 Å². The van der Waals surface area contributed by atoms with Crippen LogP contribution in [0.2, 0.25) is 0 Å². The van der Waals surface area contributed by atoms with Crippen molar-refractivity contribution in [2.45, 2.75) is 49.9 Å². The third-order valence-corrected chi connectivity index (χ3v) is 3.55. The first-order chi connectivity index (χ1) is 7.65. The van der Waals surface area contributed by atoms with Crippen LogP contribution < -0.4 is 5.32 Å². The lowest BCUT2D eigenvalue weighted by molar-refractivity contribution is -0.121. The average molecular weight is 292 g/mol. The Hall–Kier alpha value is -0.580. The number of unbranched alkanes of at least 4 members (excludes halogenated alkanes) is 2. The second-order valence-electron chi connectivity index (χ2n) is 3.99. The van der Waals surface area contributed by atoms with E-state index >= 15 is 0 Å². The van der Waals surface area contributed by atoms with Crippen molar-refractivity contribution in [3.63, 3.8) is 0 Å². The van der Waals surface area contributed by atoms with E-state index in [9.17, 15) is 9.59 Å². The van der Waals surface area contributed by atoms with Gasteiger partial charge in [-0.1, -0.05) is 42.1 Å². The second-order valence-corrected chi connectivity index (χ2v) is 5.09. The number of hydrogen-bond acceptors (Lipinski definition) is 3. The predicted molar refractivity (Wildman–Crippen MR) is 64.8 cm³/mol. The number of alkyl halides is 1. The maximum absolute atomic E-state index is 11.9. The summed E-state index contributed by atoms with van der Waals surface area (Å²) in [5.74, 6) is 0.0627. The molecule has 0 saturated carbocycles. The highest BCUT2D eigenvalue weighted by atomic mass is 79.9. The van der Waals surface area contributed by atoms with Gasteiger partial charge >= 0.3 is 6.09 Å². The Morgan fingerprint density at radius 2 is 2.38 bits per heavy atom. The third-order valence-electron chi connectivity index (χ3n) is 2.65. The summed E-state index contributed by atoms with van der Waals surface area (Å²) in [6.07, 6.45) is 4.23. The number of ether oxygens (including phenoxy) is 1. The molecule has 92 valence electrons. The normalized spacial score (nSPS) is 22.1. The van der Waals surface area contributed by atoms with E-state index in [2.05, 4.69) is 28.2 Å². The van der Waals surface area contributed by atoms with Crippen LogP contribution in [0.5, 0.6) is 0 Å². The van der Waals surface area contributed by atoms with Crippen molar-refractivity contribution < 1.29 is 14.3 Å². The highest BCUT2D eigenvalue weighted by Gasteiger charge is 2.29. The molecule has 0 aromatic carbocycles. The van der Waals surface area contributed by atoms with Gasteiger partial charge in [0.25, 0.3) is 0 Å². The van der Waals surface area contributed by atoms with Gasteiger partial charge in [-0.3, -0.25) is 4.79 Å². The van der Waals surface area contributed by atoms with Gasteiger partial charge in [-0.25, -0.2) is 4.79 Å². The summed E-state index contributed by atoms with van der Waals surface area (Å²) >= 11 is 3.39. The molecular formula is C11H18BrNO3. The Morgan fingerprint density at radius 1 is 1.62 bits per heavy atom. The molecule has 1 aliphatic heterocycles. The molecule has 1 aliphatic rings. The molecule has 16 heavy (non-hydrogen) atoms. The van der Waals surface area contributed by atoms with E-state index in [-0.39, 0.29) is 16.7 Å². The molecule has 0 radical (unpaired) electrons. The lowest BCUT2D eigenvalue weighted by atomic mass is 10.0. The fourth-order valence-corrected chi connectivity index (χ4v) is 2.32. The Labute approximate surface area is 104 Å². The summed E-state index contributed by atoms with van der Waals surface area (Å²) in [6.45, 7) is 2.46. The Balaban J connectivity index is 2.34. The molecule has 1 heterocycles. The van der Waals surface area contributed by atoms with Gasteiger partial charge in [0, 0.05) is 6.42 Å². The highest BCUT2D eigenvalue weighted by Crippen LogP contribution is 2.16. The van der Waals surface area contributed by atoms with E-state index in [1.54, 1.807) is 0 Å². The summed E-state index contributed by atoms with van der Waals surface area (Å²) in [7, 11) is 0. The zero-order valence-corrected chi connectivity index (χ0v) is 11.1. The van der Waals surface area contributed by atoms with Gasteiger partial charge in [-0.15, -0.1) is 0 Å². The van der Waals surface area contributed by atoms with Crippen LogP contribution in [0.15, 0.2) is 0 Å². The van der Waals surface area contributed by atoms with Crippen molar-refractivity contribution in [2.75, 3.05) is 6.61 Å². The number of cyclic esters (lactones) is 1. The lowest BCUT2D eigenvalue weighted by Gasteiger charge is -2.24. The Kier molecular flexibility index (Phi) is 5.80. The first kappa shape index (κ1) is 13.5. The van der Waals surface area contributed by atoms with Gasteiger partial charge < -0.3 is 10.1 Å². The number of nitrogens with one attached hydrogen (secondary N) is 1. The third kappa shape index (κ3) is 4.12. The van der Waals surface area contributed by atoms with Crippen LogP contribution in [0, 0.1) is 0 Å². The van der Waals surface area contributed by atoms with Crippen molar-refractivity contribution >= 4 is 27.8 Å². The molecule has 5 heteroatoms. The molecule has 1 rings (SSSR count). The van der Waals surface area contributed by atoms with E-state index in [4.69, 9.17) is 4.74 Å². The van der Waals surface area contributed by atoms with Gasteiger partial charge in [0.15, 0.2) is 5.78 Å². The summed E-state index contributed by atoms with van der Waals surface area (Å²) in [5.41, 5.74) is 0. The number of hydrogen-bond donors (Lipinski definition) is 1. The fourth-order valence-electron chi connectivity index (χ4n) is 1.67. The SMILES string of the molecule is CCCCC[C@@H](Br)C(=O)[C@@H]1CCOC(=O)N1. The summed E-state index contributed by atoms with van der Waals surface area (Å²) in [6, 6.07) is -0.382. The summed E-state index contributed by atoms with van der Waals surface area (Å²) < 4.78 is 4.72. The smallest absolute Gasteiger partial charge is 0.407 e. The van der Waals surface area contributed by atoms with E-state index < -0.39 is 6.09 Å². The minimum absolute atomic E-state index is 0.0627. The molecule has 1 N–H and O–H groups in total. The van der Waals surface area contributed by atoms with Crippen LogP contribution in [0.4, 0.5) is 4.79 Å². The number of amides is 1. The second kappa shape index (κ2) is 6.89. The van der Waals surface area contributed by atoms with Crippen LogP contribution in [-0.4, -0.2) is 29.4 Å². The van der Waals surface area contributed by atoms with Crippen LogP contribution in [0.1, 0.15) is 39.0 Å². The average Bonchev–Trinajstić information content (AvgIpc) is 2.28. The molecule has 0 aromatic rings. The van der Waals surface area contributed by atoms with E-state index in [1.165, 1.54) is 0 Å². The summed E-state index contributed by atoms with van der Waals surface area (Å²) in [5, 5.41) is 2.55. The number of carbonyl (C=O) groups excluding carboxylic acids is 2. The Morgan fingerprint density at radius 3 is 3.00 bits per heavy atom. The van der Waals surface area contributed by atoms with Crippen molar-refractivity contribution in [1.82, 2.24) is 5.32 Å². The fraction of sp³-hybridized carbons (Fsp3) is 0.818. The van der Waals surface area contributed by atoms with E-state index in [1.807, 2.05) is 0 Å². The molecular weight excluding hydrogens is 274 g/mol. The van der Waals surface area contributed by atoms with Crippen molar-refractivity contribution in [1.29, 1.82) is 0 Å². The Bertz CT molecular complexity index is 258. The number of halogens is 1. The zero-order chi connectivity index (χ0) is 12.0. The monoisotopic (exact) mass is 291 g/mol. The molecule has 0 spiro atoms. The van der Waals surface area contributed by atoms with Gasteiger partial charge in [0.1, 0.15) is 0 Å². The van der Waals surface area contributed by atoms with Crippen molar-refractivity contribution in [3.05, 3.63) is 0 Å². The molecule has 0 aliphatic carbocycles. The summed E-state index contributed by atoms with van der Waals surface area (Å²) in [4.78, 5) is 22.7. The minimum atomic E-state index is -0.488. The van der Waals surface area contributed by atoms with E-state index in [0.717, 1.165) is 25.7 Å². The van der Waals surface area contributed by atoms with Crippen molar-refractivity contribution in [2.24, 2.45) is 0 Å². The van der Waals surface area contributed by atoms with Gasteiger partial charge in [-0.2, -0.15) is 0 Å². The largest absolute Gasteiger partial charge is 0.449 e. The number of carbonyl (C=O) groups is 2. The number of ketones is 1. The van der Waals surface area contributed by atoms with Gasteiger partial charge in [-0.05, 0) is 6.42 Å². The first-order valence-electron chi connectivity index (χ1n) is 5.76. The van der Waals surface area contributed by atoms with Crippen LogP contribution in [-0.2, 0) is 9.53 Å². The maximum Gasteiger partial charge on any atom is 0.407 e. The molecule has 4 nitrogen and oxygen atoms in total. The minimum Gasteiger partial charge on any atom is -0.449 e. The first-order valence-corrected chi connectivity index (χ1v) is 6.67. The quantitative estimate of drug-likeness (QED) is 0.604. The van der Waals surface area contributed by atoms with Gasteiger partial charge in [0.05, 0.1) is 17.5 Å². The molecule has 0 aromatic heterocycles. The predicted octanol–water partition coefficient (Wildman–Crippen LogP) is 2.40. The number of Topliss-reactive ketones (excluding diaryl/α,β-unsaturated/α-hetero) is 1. The van der Waals surface area contributed by atoms with Gasteiger partial charge in [0.2, 0.25) is 0 Å². The van der Waals surface area contributed by atoms with Crippen LogP contribution in [0.3, 0.4) is 0 Å². The van der Waals surface area contributed by atoms with E-state index in [0.29, 0.717) is 13.0 Å². The molecule has 1 saturated heterocycles. The molecule has 0 unspecified atom stereocenters. The topological polar surface area (TPSA) is 55.4 Å². The van der Waals surface area contributed by atoms with Crippen LogP contribution >= 0.6 is 15.9 Å². The number of rotatable bonds is 6. The standard InChI is InChI=1S/C11H18BrNO3/c1-2-3-4-5-8(12)10(14)9-6-7-16-11(15)13-9/h8-9H,2-7H2,1H3,(H,13,15)/t8-,9+/m1/s1. The molecule has 1 fully saturated rings.